The number of aromatic nitrogens is 2. The Kier molecular flexibility index (Phi) is 3.34. The van der Waals surface area contributed by atoms with E-state index in [0.717, 1.165) is 30.8 Å². The van der Waals surface area contributed by atoms with Gasteiger partial charge in [0.1, 0.15) is 11.9 Å². The van der Waals surface area contributed by atoms with E-state index in [0.29, 0.717) is 12.2 Å². The summed E-state index contributed by atoms with van der Waals surface area (Å²) in [6.45, 7) is 3.48. The molecule has 1 aliphatic heterocycles. The molecule has 4 heteroatoms. The first-order valence-electron chi connectivity index (χ1n) is 6.66. The molecule has 0 N–H and O–H groups in total. The third kappa shape index (κ3) is 2.40. The SMILES string of the molecule is Cc1cc2n(n1)CCCCOC2c1ccccc1F. The van der Waals surface area contributed by atoms with E-state index >= 15 is 0 Å². The number of fused-ring (bicyclic) bond motifs is 1. The van der Waals surface area contributed by atoms with Crippen LogP contribution in [0.3, 0.4) is 0 Å². The molecule has 19 heavy (non-hydrogen) atoms. The highest BCUT2D eigenvalue weighted by Crippen LogP contribution is 2.30. The molecule has 0 spiro atoms. The Labute approximate surface area is 112 Å². The van der Waals surface area contributed by atoms with Crippen molar-refractivity contribution >= 4 is 0 Å². The quantitative estimate of drug-likeness (QED) is 0.787. The van der Waals surface area contributed by atoms with Crippen LogP contribution in [0.1, 0.15) is 35.9 Å². The van der Waals surface area contributed by atoms with Crippen LogP contribution < -0.4 is 0 Å². The average molecular weight is 260 g/mol. The zero-order valence-corrected chi connectivity index (χ0v) is 11.0. The number of hydrogen-bond acceptors (Lipinski definition) is 2. The van der Waals surface area contributed by atoms with Crippen LogP contribution in [0.25, 0.3) is 0 Å². The van der Waals surface area contributed by atoms with Crippen molar-refractivity contribution < 1.29 is 9.13 Å². The van der Waals surface area contributed by atoms with Gasteiger partial charge in [-0.3, -0.25) is 4.68 Å². The Balaban J connectivity index is 2.07. The molecule has 1 aromatic heterocycles. The molecule has 0 radical (unpaired) electrons. The van der Waals surface area contributed by atoms with Gasteiger partial charge in [-0.05, 0) is 31.9 Å². The van der Waals surface area contributed by atoms with Crippen LogP contribution in [0.4, 0.5) is 4.39 Å². The molecule has 1 aliphatic rings. The zero-order valence-electron chi connectivity index (χ0n) is 11.0. The Morgan fingerprint density at radius 1 is 1.32 bits per heavy atom. The van der Waals surface area contributed by atoms with Crippen LogP contribution in [-0.2, 0) is 11.3 Å². The minimum absolute atomic E-state index is 0.224. The molecule has 3 rings (SSSR count). The van der Waals surface area contributed by atoms with Crippen molar-refractivity contribution in [1.29, 1.82) is 0 Å². The van der Waals surface area contributed by atoms with Gasteiger partial charge < -0.3 is 4.74 Å². The van der Waals surface area contributed by atoms with E-state index in [1.165, 1.54) is 6.07 Å². The summed E-state index contributed by atoms with van der Waals surface area (Å²) in [5.74, 6) is -0.224. The minimum atomic E-state index is -0.359. The van der Waals surface area contributed by atoms with Crippen molar-refractivity contribution in [3.05, 3.63) is 53.1 Å². The van der Waals surface area contributed by atoms with Gasteiger partial charge in [0.25, 0.3) is 0 Å². The maximum absolute atomic E-state index is 14.0. The monoisotopic (exact) mass is 260 g/mol. The summed E-state index contributed by atoms with van der Waals surface area (Å²) >= 11 is 0. The summed E-state index contributed by atoms with van der Waals surface area (Å²) in [6, 6.07) is 8.79. The van der Waals surface area contributed by atoms with Gasteiger partial charge in [0.2, 0.25) is 0 Å². The number of nitrogens with zero attached hydrogens (tertiary/aromatic N) is 2. The van der Waals surface area contributed by atoms with Crippen LogP contribution in [-0.4, -0.2) is 16.4 Å². The summed E-state index contributed by atoms with van der Waals surface area (Å²) in [5.41, 5.74) is 2.48. The highest BCUT2D eigenvalue weighted by Gasteiger charge is 2.24. The fraction of sp³-hybridized carbons (Fsp3) is 0.400. The van der Waals surface area contributed by atoms with E-state index in [2.05, 4.69) is 5.10 Å². The standard InChI is InChI=1S/C15H17FN2O/c1-11-10-14-15(12-6-2-3-7-13(12)16)19-9-5-4-8-18(14)17-11/h2-3,6-7,10,15H,4-5,8-9H2,1H3. The predicted octanol–water partition coefficient (Wildman–Crippen LogP) is 3.23. The summed E-state index contributed by atoms with van der Waals surface area (Å²) in [4.78, 5) is 0. The molecule has 0 saturated heterocycles. The highest BCUT2D eigenvalue weighted by atomic mass is 19.1. The lowest BCUT2D eigenvalue weighted by atomic mass is 10.0. The molecule has 2 aromatic rings. The lowest BCUT2D eigenvalue weighted by Gasteiger charge is -2.22. The Bertz CT molecular complexity index is 579. The van der Waals surface area contributed by atoms with Crippen molar-refractivity contribution in [2.45, 2.75) is 32.4 Å². The number of halogens is 1. The Morgan fingerprint density at radius 2 is 2.16 bits per heavy atom. The van der Waals surface area contributed by atoms with Crippen molar-refractivity contribution in [2.24, 2.45) is 0 Å². The number of aryl methyl sites for hydroxylation is 2. The van der Waals surface area contributed by atoms with Gasteiger partial charge in [-0.15, -0.1) is 0 Å². The fourth-order valence-corrected chi connectivity index (χ4v) is 2.54. The average Bonchev–Trinajstić information content (AvgIpc) is 2.73. The molecule has 0 saturated carbocycles. The van der Waals surface area contributed by atoms with Gasteiger partial charge in [0.05, 0.1) is 11.4 Å². The zero-order chi connectivity index (χ0) is 13.2. The summed E-state index contributed by atoms with van der Waals surface area (Å²) < 4.78 is 21.8. The fourth-order valence-electron chi connectivity index (χ4n) is 2.54. The maximum atomic E-state index is 14.0. The van der Waals surface area contributed by atoms with Crippen molar-refractivity contribution in [3.63, 3.8) is 0 Å². The molecule has 0 bridgehead atoms. The van der Waals surface area contributed by atoms with Gasteiger partial charge in [-0.25, -0.2) is 4.39 Å². The molecule has 1 atom stereocenters. The first-order valence-corrected chi connectivity index (χ1v) is 6.66. The molecule has 0 fully saturated rings. The second kappa shape index (κ2) is 5.13. The van der Waals surface area contributed by atoms with Crippen molar-refractivity contribution in [1.82, 2.24) is 9.78 Å². The van der Waals surface area contributed by atoms with E-state index in [1.807, 2.05) is 23.7 Å². The van der Waals surface area contributed by atoms with Gasteiger partial charge in [0, 0.05) is 18.7 Å². The molecule has 1 aromatic carbocycles. The van der Waals surface area contributed by atoms with E-state index in [-0.39, 0.29) is 11.9 Å². The predicted molar refractivity (Wildman–Crippen MR) is 70.4 cm³/mol. The van der Waals surface area contributed by atoms with Crippen LogP contribution in [0, 0.1) is 12.7 Å². The van der Waals surface area contributed by atoms with Gasteiger partial charge in [-0.2, -0.15) is 5.10 Å². The first-order chi connectivity index (χ1) is 9.25. The highest BCUT2D eigenvalue weighted by molar-refractivity contribution is 5.28. The third-order valence-corrected chi connectivity index (χ3v) is 3.44. The van der Waals surface area contributed by atoms with E-state index in [9.17, 15) is 4.39 Å². The van der Waals surface area contributed by atoms with Gasteiger partial charge >= 0.3 is 0 Å². The van der Waals surface area contributed by atoms with Crippen LogP contribution in [0.15, 0.2) is 30.3 Å². The van der Waals surface area contributed by atoms with Crippen molar-refractivity contribution in [2.75, 3.05) is 6.61 Å². The Hall–Kier alpha value is -1.68. The molecule has 0 amide bonds. The third-order valence-electron chi connectivity index (χ3n) is 3.44. The van der Waals surface area contributed by atoms with Crippen LogP contribution >= 0.6 is 0 Å². The summed E-state index contributed by atoms with van der Waals surface area (Å²) in [6.07, 6.45) is 1.66. The van der Waals surface area contributed by atoms with Crippen LogP contribution in [0.2, 0.25) is 0 Å². The molecule has 2 heterocycles. The number of ether oxygens (including phenoxy) is 1. The molecule has 1 unspecified atom stereocenters. The molecular weight excluding hydrogens is 243 g/mol. The first kappa shape index (κ1) is 12.4. The summed E-state index contributed by atoms with van der Waals surface area (Å²) in [7, 11) is 0. The molecular formula is C15H17FN2O. The Morgan fingerprint density at radius 3 is 3.00 bits per heavy atom. The lowest BCUT2D eigenvalue weighted by Crippen LogP contribution is -2.18. The number of rotatable bonds is 1. The second-order valence-corrected chi connectivity index (χ2v) is 4.91. The normalized spacial score (nSPS) is 19.6. The van der Waals surface area contributed by atoms with Gasteiger partial charge in [-0.1, -0.05) is 18.2 Å². The van der Waals surface area contributed by atoms with Crippen LogP contribution in [0.5, 0.6) is 0 Å². The lowest BCUT2D eigenvalue weighted by molar-refractivity contribution is 0.0610. The maximum Gasteiger partial charge on any atom is 0.129 e. The van der Waals surface area contributed by atoms with E-state index in [1.54, 1.807) is 12.1 Å². The second-order valence-electron chi connectivity index (χ2n) is 4.91. The molecule has 0 aliphatic carbocycles. The smallest absolute Gasteiger partial charge is 0.129 e. The molecule has 3 nitrogen and oxygen atoms in total. The van der Waals surface area contributed by atoms with Crippen molar-refractivity contribution in [3.8, 4) is 0 Å². The minimum Gasteiger partial charge on any atom is -0.367 e. The topological polar surface area (TPSA) is 27.1 Å². The number of hydrogen-bond donors (Lipinski definition) is 0. The van der Waals surface area contributed by atoms with E-state index in [4.69, 9.17) is 4.74 Å². The number of benzene rings is 1. The molecule has 100 valence electrons. The van der Waals surface area contributed by atoms with Gasteiger partial charge in [0.15, 0.2) is 0 Å². The largest absolute Gasteiger partial charge is 0.367 e. The summed E-state index contributed by atoms with van der Waals surface area (Å²) in [5, 5.41) is 4.47. The van der Waals surface area contributed by atoms with E-state index < -0.39 is 0 Å².